The largest absolute Gasteiger partial charge is 0.444 e. The summed E-state index contributed by atoms with van der Waals surface area (Å²) in [5.41, 5.74) is 2.20. The van der Waals surface area contributed by atoms with Crippen LogP contribution in [0.5, 0.6) is 0 Å². The van der Waals surface area contributed by atoms with Crippen LogP contribution in [0.15, 0.2) is 73.3 Å². The molecule has 0 saturated carbocycles. The number of benzene rings is 3. The van der Waals surface area contributed by atoms with E-state index < -0.39 is 42.2 Å². The minimum atomic E-state index is -1.33. The van der Waals surface area contributed by atoms with Crippen LogP contribution < -0.4 is 10.6 Å². The number of aliphatic hydroxyl groups excluding tert-OH is 1. The number of fused-ring (bicyclic) bond motifs is 1. The van der Waals surface area contributed by atoms with Gasteiger partial charge in [0.2, 0.25) is 5.91 Å². The van der Waals surface area contributed by atoms with E-state index in [0.717, 1.165) is 21.9 Å². The molecule has 0 aliphatic heterocycles. The number of hydrogen-bond donors (Lipinski definition) is 3. The standard InChI is InChI=1S/C31H37N3O5/c1-7-17-34(29(37)26(19-35)33-30(38)39-31(4,5)6)27(25-14-10-11-20(2)21(25)3)28(36)32-24-16-15-22-12-8-9-13-23(22)18-24/h7-16,18,26-27,35H,1,17,19H2,2-6H3,(H,32,36)(H,33,38). The van der Waals surface area contributed by atoms with E-state index in [1.807, 2.05) is 62.4 Å². The van der Waals surface area contributed by atoms with Gasteiger partial charge in [-0.05, 0) is 74.2 Å². The predicted octanol–water partition coefficient (Wildman–Crippen LogP) is 5.04. The molecule has 8 nitrogen and oxygen atoms in total. The van der Waals surface area contributed by atoms with Crippen molar-refractivity contribution >= 4 is 34.4 Å². The maximum Gasteiger partial charge on any atom is 0.408 e. The van der Waals surface area contributed by atoms with Gasteiger partial charge in [-0.25, -0.2) is 4.79 Å². The second-order valence-corrected chi connectivity index (χ2v) is 10.4. The number of aliphatic hydroxyl groups is 1. The molecule has 206 valence electrons. The maximum absolute atomic E-state index is 13.9. The number of carbonyl (C=O) groups is 3. The number of hydrogen-bond acceptors (Lipinski definition) is 5. The first kappa shape index (κ1) is 29.4. The zero-order valence-electron chi connectivity index (χ0n) is 23.2. The van der Waals surface area contributed by atoms with Gasteiger partial charge in [0.05, 0.1) is 6.61 Å². The summed E-state index contributed by atoms with van der Waals surface area (Å²) < 4.78 is 5.27. The van der Waals surface area contributed by atoms with Crippen LogP contribution in [0.2, 0.25) is 0 Å². The Morgan fingerprint density at radius 3 is 2.36 bits per heavy atom. The molecule has 3 amide bonds. The Kier molecular flexibility index (Phi) is 9.48. The fourth-order valence-electron chi connectivity index (χ4n) is 4.30. The number of rotatable bonds is 9. The number of carbonyl (C=O) groups excluding carboxylic acids is 3. The highest BCUT2D eigenvalue weighted by Gasteiger charge is 2.36. The van der Waals surface area contributed by atoms with Gasteiger partial charge in [-0.2, -0.15) is 0 Å². The number of anilines is 1. The predicted molar refractivity (Wildman–Crippen MR) is 153 cm³/mol. The fourth-order valence-corrected chi connectivity index (χ4v) is 4.30. The quantitative estimate of drug-likeness (QED) is 0.336. The van der Waals surface area contributed by atoms with E-state index in [1.165, 1.54) is 11.0 Å². The van der Waals surface area contributed by atoms with Crippen LogP contribution in [0.4, 0.5) is 10.5 Å². The van der Waals surface area contributed by atoms with Crippen molar-refractivity contribution in [2.24, 2.45) is 0 Å². The lowest BCUT2D eigenvalue weighted by Crippen LogP contribution is -2.54. The van der Waals surface area contributed by atoms with Crippen molar-refractivity contribution in [3.8, 4) is 0 Å². The molecule has 0 saturated heterocycles. The summed E-state index contributed by atoms with van der Waals surface area (Å²) in [7, 11) is 0. The first-order valence-corrected chi connectivity index (χ1v) is 12.8. The van der Waals surface area contributed by atoms with Gasteiger partial charge in [-0.3, -0.25) is 9.59 Å². The average molecular weight is 532 g/mol. The number of alkyl carbamates (subject to hydrolysis) is 1. The van der Waals surface area contributed by atoms with Crippen LogP contribution >= 0.6 is 0 Å². The second kappa shape index (κ2) is 12.6. The first-order chi connectivity index (χ1) is 18.4. The van der Waals surface area contributed by atoms with Crippen LogP contribution in [-0.2, 0) is 14.3 Å². The fraction of sp³-hybridized carbons (Fsp3) is 0.323. The van der Waals surface area contributed by atoms with E-state index in [0.29, 0.717) is 11.3 Å². The van der Waals surface area contributed by atoms with Gasteiger partial charge in [-0.15, -0.1) is 6.58 Å². The molecule has 2 atom stereocenters. The molecule has 0 radical (unpaired) electrons. The third-order valence-electron chi connectivity index (χ3n) is 6.30. The molecule has 0 heterocycles. The SMILES string of the molecule is C=CCN(C(=O)C(CO)NC(=O)OC(C)(C)C)C(C(=O)Nc1ccc2ccccc2c1)c1cccc(C)c1C. The van der Waals surface area contributed by atoms with Crippen LogP contribution in [0.3, 0.4) is 0 Å². The summed E-state index contributed by atoms with van der Waals surface area (Å²) >= 11 is 0. The molecule has 3 aromatic carbocycles. The van der Waals surface area contributed by atoms with Crippen molar-refractivity contribution in [1.29, 1.82) is 0 Å². The van der Waals surface area contributed by atoms with Crippen LogP contribution in [0, 0.1) is 13.8 Å². The Hall–Kier alpha value is -4.17. The summed E-state index contributed by atoms with van der Waals surface area (Å²) in [6.45, 7) is 12.0. The van der Waals surface area contributed by atoms with Crippen LogP contribution in [0.25, 0.3) is 10.8 Å². The molecular weight excluding hydrogens is 494 g/mol. The molecule has 2 unspecified atom stereocenters. The van der Waals surface area contributed by atoms with E-state index >= 15 is 0 Å². The Morgan fingerprint density at radius 2 is 1.72 bits per heavy atom. The van der Waals surface area contributed by atoms with Crippen molar-refractivity contribution in [2.75, 3.05) is 18.5 Å². The van der Waals surface area contributed by atoms with Crippen LogP contribution in [-0.4, -0.2) is 52.7 Å². The molecule has 0 bridgehead atoms. The molecule has 0 spiro atoms. The average Bonchev–Trinajstić information content (AvgIpc) is 2.87. The number of nitrogens with zero attached hydrogens (tertiary/aromatic N) is 1. The Balaban J connectivity index is 2.01. The van der Waals surface area contributed by atoms with Crippen molar-refractivity contribution < 1.29 is 24.2 Å². The number of aryl methyl sites for hydroxylation is 1. The first-order valence-electron chi connectivity index (χ1n) is 12.8. The van der Waals surface area contributed by atoms with Gasteiger partial charge in [0.1, 0.15) is 17.7 Å². The van der Waals surface area contributed by atoms with Gasteiger partial charge in [0, 0.05) is 12.2 Å². The van der Waals surface area contributed by atoms with E-state index in [9.17, 15) is 19.5 Å². The smallest absolute Gasteiger partial charge is 0.408 e. The molecule has 3 N–H and O–H groups in total. The Labute approximate surface area is 229 Å². The number of ether oxygens (including phenoxy) is 1. The van der Waals surface area contributed by atoms with Gasteiger partial charge >= 0.3 is 6.09 Å². The summed E-state index contributed by atoms with van der Waals surface area (Å²) in [6.07, 6.45) is 0.652. The normalized spacial score (nSPS) is 12.8. The summed E-state index contributed by atoms with van der Waals surface area (Å²) in [6, 6.07) is 16.5. The van der Waals surface area contributed by atoms with Crippen molar-refractivity contribution in [1.82, 2.24) is 10.2 Å². The molecule has 3 aromatic rings. The van der Waals surface area contributed by atoms with Gasteiger partial charge < -0.3 is 25.4 Å². The zero-order chi connectivity index (χ0) is 28.7. The summed E-state index contributed by atoms with van der Waals surface area (Å²) in [5, 5.41) is 17.4. The maximum atomic E-state index is 13.9. The lowest BCUT2D eigenvalue weighted by molar-refractivity contribution is -0.140. The molecule has 3 rings (SSSR count). The highest BCUT2D eigenvalue weighted by Crippen LogP contribution is 2.29. The van der Waals surface area contributed by atoms with Crippen molar-refractivity contribution in [3.63, 3.8) is 0 Å². The van der Waals surface area contributed by atoms with E-state index in [4.69, 9.17) is 4.74 Å². The third kappa shape index (κ3) is 7.45. The highest BCUT2D eigenvalue weighted by atomic mass is 16.6. The van der Waals surface area contributed by atoms with Crippen LogP contribution in [0.1, 0.15) is 43.5 Å². The molecule has 0 aliphatic carbocycles. The van der Waals surface area contributed by atoms with Gasteiger partial charge in [-0.1, -0.05) is 54.6 Å². The summed E-state index contributed by atoms with van der Waals surface area (Å²) in [4.78, 5) is 41.4. The van der Waals surface area contributed by atoms with Gasteiger partial charge in [0.25, 0.3) is 5.91 Å². The van der Waals surface area contributed by atoms with E-state index in [1.54, 1.807) is 32.9 Å². The second-order valence-electron chi connectivity index (χ2n) is 10.4. The molecule has 39 heavy (non-hydrogen) atoms. The Morgan fingerprint density at radius 1 is 1.03 bits per heavy atom. The number of amides is 3. The van der Waals surface area contributed by atoms with E-state index in [-0.39, 0.29) is 6.54 Å². The zero-order valence-corrected chi connectivity index (χ0v) is 23.2. The van der Waals surface area contributed by atoms with Gasteiger partial charge in [0.15, 0.2) is 0 Å². The monoisotopic (exact) mass is 531 g/mol. The molecular formula is C31H37N3O5. The van der Waals surface area contributed by atoms with Crippen molar-refractivity contribution in [2.45, 2.75) is 52.3 Å². The highest BCUT2D eigenvalue weighted by molar-refractivity contribution is 6.00. The lowest BCUT2D eigenvalue weighted by Gasteiger charge is -2.34. The lowest BCUT2D eigenvalue weighted by atomic mass is 9.95. The topological polar surface area (TPSA) is 108 Å². The third-order valence-corrected chi connectivity index (χ3v) is 6.30. The summed E-state index contributed by atoms with van der Waals surface area (Å²) in [5.74, 6) is -1.09. The molecule has 0 aliphatic rings. The minimum Gasteiger partial charge on any atom is -0.444 e. The molecule has 8 heteroatoms. The molecule has 0 aromatic heterocycles. The number of nitrogens with one attached hydrogen (secondary N) is 2. The Bertz CT molecular complexity index is 1360. The minimum absolute atomic E-state index is 0.00544. The van der Waals surface area contributed by atoms with Crippen molar-refractivity contribution in [3.05, 3.63) is 90.0 Å². The molecule has 0 fully saturated rings. The van der Waals surface area contributed by atoms with E-state index in [2.05, 4.69) is 17.2 Å².